The van der Waals surface area contributed by atoms with Gasteiger partial charge in [-0.2, -0.15) is 5.01 Å². The second-order valence-corrected chi connectivity index (χ2v) is 7.15. The van der Waals surface area contributed by atoms with E-state index in [-0.39, 0.29) is 22.8 Å². The zero-order valence-corrected chi connectivity index (χ0v) is 17.2. The van der Waals surface area contributed by atoms with Gasteiger partial charge in [-0.1, -0.05) is 60.1 Å². The Morgan fingerprint density at radius 2 is 1.66 bits per heavy atom. The molecule has 0 saturated carbocycles. The first-order valence-electron chi connectivity index (χ1n) is 9.44. The number of carbonyl (C=O) groups excluding carboxylic acids is 2. The van der Waals surface area contributed by atoms with E-state index in [0.29, 0.717) is 16.1 Å². The molecule has 32 heavy (non-hydrogen) atoms. The maximum atomic E-state index is 13.1. The first-order chi connectivity index (χ1) is 15.4. The Morgan fingerprint density at radius 3 is 2.31 bits per heavy atom. The van der Waals surface area contributed by atoms with Gasteiger partial charge in [-0.15, -0.1) is 0 Å². The molecule has 0 aromatic heterocycles. The Kier molecular flexibility index (Phi) is 5.78. The standard InChI is InChI=1S/C23H15ClN4O4/c24-19-9-5-4-8-17(19)14-20-22(29)26-27(21(25-20)15-6-2-1-3-7-15)23(30)16-10-12-18(13-11-16)28(31)32/h1-14H,(H,26,29)/b20-14+. The topological polar surface area (TPSA) is 105 Å². The van der Waals surface area contributed by atoms with E-state index in [1.807, 2.05) is 6.07 Å². The fourth-order valence-electron chi connectivity index (χ4n) is 3.05. The molecule has 4 rings (SSSR count). The van der Waals surface area contributed by atoms with E-state index in [9.17, 15) is 19.7 Å². The molecule has 0 spiro atoms. The van der Waals surface area contributed by atoms with Gasteiger partial charge in [-0.3, -0.25) is 25.1 Å². The highest BCUT2D eigenvalue weighted by Crippen LogP contribution is 2.22. The van der Waals surface area contributed by atoms with Gasteiger partial charge in [0.05, 0.1) is 4.92 Å². The number of benzene rings is 3. The number of rotatable bonds is 4. The molecule has 1 N–H and O–H groups in total. The third-order valence-corrected chi connectivity index (χ3v) is 4.99. The van der Waals surface area contributed by atoms with Gasteiger partial charge in [-0.25, -0.2) is 4.99 Å². The predicted octanol–water partition coefficient (Wildman–Crippen LogP) is 4.22. The van der Waals surface area contributed by atoms with E-state index in [1.54, 1.807) is 48.5 Å². The number of aliphatic imine (C=N–C) groups is 1. The maximum absolute atomic E-state index is 13.1. The zero-order chi connectivity index (χ0) is 22.7. The molecule has 158 valence electrons. The number of halogens is 1. The Bertz CT molecular complexity index is 1270. The predicted molar refractivity (Wildman–Crippen MR) is 120 cm³/mol. The van der Waals surface area contributed by atoms with Gasteiger partial charge in [-0.05, 0) is 29.8 Å². The number of nitro benzene ring substituents is 1. The summed E-state index contributed by atoms with van der Waals surface area (Å²) in [6.45, 7) is 0. The summed E-state index contributed by atoms with van der Waals surface area (Å²) in [5.74, 6) is -0.987. The number of nitrogens with one attached hydrogen (secondary N) is 1. The number of hydrazine groups is 1. The van der Waals surface area contributed by atoms with Crippen molar-refractivity contribution < 1.29 is 14.5 Å². The summed E-state index contributed by atoms with van der Waals surface area (Å²) in [5.41, 5.74) is 3.83. The number of amides is 2. The number of amidine groups is 1. The van der Waals surface area contributed by atoms with Gasteiger partial charge in [0.1, 0.15) is 5.70 Å². The van der Waals surface area contributed by atoms with Crippen LogP contribution in [0.3, 0.4) is 0 Å². The zero-order valence-electron chi connectivity index (χ0n) is 16.4. The van der Waals surface area contributed by atoms with Crippen LogP contribution in [0.25, 0.3) is 6.08 Å². The minimum atomic E-state index is -0.597. The summed E-state index contributed by atoms with van der Waals surface area (Å²) in [6.07, 6.45) is 1.54. The summed E-state index contributed by atoms with van der Waals surface area (Å²) in [7, 11) is 0. The average Bonchev–Trinajstić information content (AvgIpc) is 2.81. The maximum Gasteiger partial charge on any atom is 0.288 e. The Hall–Kier alpha value is -4.30. The van der Waals surface area contributed by atoms with Crippen LogP contribution in [0.4, 0.5) is 5.69 Å². The van der Waals surface area contributed by atoms with Crippen LogP contribution in [0, 0.1) is 10.1 Å². The van der Waals surface area contributed by atoms with Crippen molar-refractivity contribution in [2.45, 2.75) is 0 Å². The van der Waals surface area contributed by atoms with E-state index >= 15 is 0 Å². The molecule has 1 heterocycles. The lowest BCUT2D eigenvalue weighted by atomic mass is 10.1. The van der Waals surface area contributed by atoms with Crippen molar-refractivity contribution in [1.82, 2.24) is 10.4 Å². The highest BCUT2D eigenvalue weighted by atomic mass is 35.5. The number of hydrogen-bond acceptors (Lipinski definition) is 5. The van der Waals surface area contributed by atoms with Gasteiger partial charge < -0.3 is 0 Å². The molecule has 0 atom stereocenters. The summed E-state index contributed by atoms with van der Waals surface area (Å²) in [4.78, 5) is 40.7. The SMILES string of the molecule is O=C1NN(C(=O)c2ccc([N+](=O)[O-])cc2)C(c2ccccc2)=N/C1=C/c1ccccc1Cl. The van der Waals surface area contributed by atoms with Gasteiger partial charge in [0.15, 0.2) is 5.84 Å². The summed E-state index contributed by atoms with van der Waals surface area (Å²) >= 11 is 6.20. The second kappa shape index (κ2) is 8.83. The van der Waals surface area contributed by atoms with Crippen LogP contribution in [0.5, 0.6) is 0 Å². The Balaban J connectivity index is 1.77. The lowest BCUT2D eigenvalue weighted by Crippen LogP contribution is -2.53. The van der Waals surface area contributed by atoms with Crippen LogP contribution in [-0.4, -0.2) is 27.6 Å². The van der Waals surface area contributed by atoms with Gasteiger partial charge in [0.2, 0.25) is 0 Å². The van der Waals surface area contributed by atoms with Crippen LogP contribution in [0.1, 0.15) is 21.5 Å². The molecule has 3 aromatic carbocycles. The smallest absolute Gasteiger partial charge is 0.267 e. The molecule has 2 amide bonds. The van der Waals surface area contributed by atoms with Gasteiger partial charge >= 0.3 is 0 Å². The molecule has 0 bridgehead atoms. The molecule has 3 aromatic rings. The summed E-state index contributed by atoms with van der Waals surface area (Å²) in [5, 5.41) is 12.4. The van der Waals surface area contributed by atoms with E-state index < -0.39 is 16.7 Å². The van der Waals surface area contributed by atoms with Crippen LogP contribution < -0.4 is 5.43 Å². The number of nitrogens with zero attached hydrogens (tertiary/aromatic N) is 3. The molecule has 8 nitrogen and oxygen atoms in total. The van der Waals surface area contributed by atoms with E-state index in [1.165, 1.54) is 30.3 Å². The van der Waals surface area contributed by atoms with Gasteiger partial charge in [0.25, 0.3) is 17.5 Å². The lowest BCUT2D eigenvalue weighted by Gasteiger charge is -2.28. The van der Waals surface area contributed by atoms with E-state index in [2.05, 4.69) is 10.4 Å². The van der Waals surface area contributed by atoms with E-state index in [0.717, 1.165) is 5.01 Å². The molecular formula is C23H15ClN4O4. The minimum Gasteiger partial charge on any atom is -0.267 e. The number of carbonyl (C=O) groups is 2. The minimum absolute atomic E-state index is 0.0738. The molecule has 0 saturated heterocycles. The average molecular weight is 447 g/mol. The Morgan fingerprint density at radius 1 is 1.00 bits per heavy atom. The number of hydrogen-bond donors (Lipinski definition) is 1. The van der Waals surface area contributed by atoms with Crippen molar-refractivity contribution in [3.05, 3.63) is 116 Å². The largest absolute Gasteiger partial charge is 0.288 e. The van der Waals surface area contributed by atoms with Crippen molar-refractivity contribution in [3.63, 3.8) is 0 Å². The Labute approximate surface area is 187 Å². The molecule has 0 unspecified atom stereocenters. The molecule has 1 aliphatic rings. The van der Waals surface area contributed by atoms with Crippen molar-refractivity contribution in [1.29, 1.82) is 0 Å². The molecule has 0 fully saturated rings. The van der Waals surface area contributed by atoms with Crippen LogP contribution in [0.2, 0.25) is 5.02 Å². The van der Waals surface area contributed by atoms with Crippen molar-refractivity contribution in [2.75, 3.05) is 0 Å². The van der Waals surface area contributed by atoms with E-state index in [4.69, 9.17) is 11.6 Å². The normalized spacial score (nSPS) is 14.7. The molecular weight excluding hydrogens is 432 g/mol. The third kappa shape index (κ3) is 4.26. The van der Waals surface area contributed by atoms with Crippen molar-refractivity contribution >= 4 is 41.0 Å². The molecule has 0 radical (unpaired) electrons. The fourth-order valence-corrected chi connectivity index (χ4v) is 3.24. The lowest BCUT2D eigenvalue weighted by molar-refractivity contribution is -0.384. The molecule has 0 aliphatic carbocycles. The number of nitro groups is 1. The van der Waals surface area contributed by atoms with Crippen molar-refractivity contribution in [3.8, 4) is 0 Å². The van der Waals surface area contributed by atoms with Crippen LogP contribution in [-0.2, 0) is 4.79 Å². The fraction of sp³-hybridized carbons (Fsp3) is 0. The molecule has 9 heteroatoms. The quantitative estimate of drug-likeness (QED) is 0.368. The highest BCUT2D eigenvalue weighted by molar-refractivity contribution is 6.32. The first kappa shape index (κ1) is 21.0. The summed E-state index contributed by atoms with van der Waals surface area (Å²) in [6, 6.07) is 21.0. The van der Waals surface area contributed by atoms with Crippen LogP contribution in [0.15, 0.2) is 89.6 Å². The monoisotopic (exact) mass is 446 g/mol. The molecule has 1 aliphatic heterocycles. The summed E-state index contributed by atoms with van der Waals surface area (Å²) < 4.78 is 0. The van der Waals surface area contributed by atoms with Gasteiger partial charge in [0, 0.05) is 28.3 Å². The van der Waals surface area contributed by atoms with Crippen LogP contribution >= 0.6 is 11.6 Å². The third-order valence-electron chi connectivity index (χ3n) is 4.64. The van der Waals surface area contributed by atoms with Crippen molar-refractivity contribution in [2.24, 2.45) is 4.99 Å². The number of non-ortho nitro benzene ring substituents is 1. The first-order valence-corrected chi connectivity index (χ1v) is 9.82. The highest BCUT2D eigenvalue weighted by Gasteiger charge is 2.30. The second-order valence-electron chi connectivity index (χ2n) is 6.74.